The van der Waals surface area contributed by atoms with Gasteiger partial charge >= 0.3 is 0 Å². The molecule has 0 radical (unpaired) electrons. The number of fused-ring (bicyclic) bond motifs is 2. The number of anilines is 1. The number of amides is 1. The Morgan fingerprint density at radius 3 is 2.68 bits per heavy atom. The van der Waals surface area contributed by atoms with Crippen molar-refractivity contribution in [3.05, 3.63) is 29.8 Å². The molecule has 100 valence electrons. The van der Waals surface area contributed by atoms with Crippen molar-refractivity contribution in [2.45, 2.75) is 31.8 Å². The first-order valence-electron chi connectivity index (χ1n) is 7.36. The summed E-state index contributed by atoms with van der Waals surface area (Å²) in [7, 11) is 0. The van der Waals surface area contributed by atoms with Crippen LogP contribution in [0.15, 0.2) is 24.3 Å². The largest absolute Gasteiger partial charge is 0.388 e. The molecule has 0 aromatic heterocycles. The van der Waals surface area contributed by atoms with E-state index in [0.717, 1.165) is 11.3 Å². The second-order valence-electron chi connectivity index (χ2n) is 6.14. The Morgan fingerprint density at radius 1 is 1.16 bits per heavy atom. The van der Waals surface area contributed by atoms with Crippen LogP contribution in [0, 0.1) is 17.8 Å². The summed E-state index contributed by atoms with van der Waals surface area (Å²) < 4.78 is 0. The normalized spacial score (nSPS) is 35.7. The number of carbonyl (C=O) groups excluding carboxylic acids is 1. The van der Waals surface area contributed by atoms with Crippen LogP contribution in [0.25, 0.3) is 0 Å². The molecule has 3 aliphatic rings. The van der Waals surface area contributed by atoms with E-state index in [-0.39, 0.29) is 5.92 Å². The third-order valence-corrected chi connectivity index (χ3v) is 5.17. The van der Waals surface area contributed by atoms with Crippen molar-refractivity contribution >= 4 is 11.6 Å². The van der Waals surface area contributed by atoms with E-state index in [1.54, 1.807) is 0 Å². The summed E-state index contributed by atoms with van der Waals surface area (Å²) in [5.74, 6) is 1.89. The van der Waals surface area contributed by atoms with Gasteiger partial charge in [0.15, 0.2) is 0 Å². The van der Waals surface area contributed by atoms with Crippen LogP contribution in [-0.4, -0.2) is 17.6 Å². The number of benzene rings is 1. The molecule has 0 bridgehead atoms. The lowest BCUT2D eigenvalue weighted by atomic mass is 9.98. The minimum absolute atomic E-state index is 0.275. The van der Waals surface area contributed by atoms with Gasteiger partial charge in [-0.1, -0.05) is 24.6 Å². The quantitative estimate of drug-likeness (QED) is 0.839. The molecule has 2 fully saturated rings. The van der Waals surface area contributed by atoms with Crippen molar-refractivity contribution in [2.75, 3.05) is 11.4 Å². The van der Waals surface area contributed by atoms with Gasteiger partial charge in [0.1, 0.15) is 0 Å². The van der Waals surface area contributed by atoms with Gasteiger partial charge in [-0.15, -0.1) is 0 Å². The van der Waals surface area contributed by atoms with Gasteiger partial charge in [0, 0.05) is 23.7 Å². The smallest absolute Gasteiger partial charge is 0.230 e. The minimum Gasteiger partial charge on any atom is -0.388 e. The summed E-state index contributed by atoms with van der Waals surface area (Å²) in [6, 6.07) is 7.79. The predicted molar refractivity (Wildman–Crippen MR) is 72.7 cm³/mol. The third kappa shape index (κ3) is 1.64. The van der Waals surface area contributed by atoms with Crippen molar-refractivity contribution in [2.24, 2.45) is 17.8 Å². The molecule has 1 aromatic carbocycles. The molecule has 3 unspecified atom stereocenters. The maximum atomic E-state index is 12.7. The molecular formula is C16H19NO2. The fourth-order valence-electron chi connectivity index (χ4n) is 4.14. The number of nitrogens with zero attached hydrogens (tertiary/aromatic N) is 1. The maximum absolute atomic E-state index is 12.7. The molecule has 4 rings (SSSR count). The van der Waals surface area contributed by atoms with Crippen molar-refractivity contribution in [1.29, 1.82) is 0 Å². The summed E-state index contributed by atoms with van der Waals surface area (Å²) in [4.78, 5) is 14.6. The number of hydrogen-bond acceptors (Lipinski definition) is 2. The Balaban J connectivity index is 1.62. The second kappa shape index (κ2) is 4.07. The van der Waals surface area contributed by atoms with Gasteiger partial charge in [-0.2, -0.15) is 0 Å². The zero-order valence-electron chi connectivity index (χ0n) is 11.0. The SMILES string of the molecule is O=C(C1C2CCCC21)N1CCC(O)c2ccccc21. The Kier molecular flexibility index (Phi) is 2.46. The highest BCUT2D eigenvalue weighted by Gasteiger charge is 2.57. The average Bonchev–Trinajstić information content (AvgIpc) is 2.92. The van der Waals surface area contributed by atoms with Crippen molar-refractivity contribution in [1.82, 2.24) is 0 Å². The number of aliphatic hydroxyl groups is 1. The van der Waals surface area contributed by atoms with Crippen molar-refractivity contribution in [3.63, 3.8) is 0 Å². The Bertz CT molecular complexity index is 517. The predicted octanol–water partition coefficient (Wildman–Crippen LogP) is 2.50. The van der Waals surface area contributed by atoms with E-state index in [1.807, 2.05) is 29.2 Å². The summed E-state index contributed by atoms with van der Waals surface area (Å²) in [6.07, 6.45) is 4.01. The van der Waals surface area contributed by atoms with Crippen LogP contribution in [0.4, 0.5) is 5.69 Å². The molecular weight excluding hydrogens is 238 g/mol. The molecule has 3 heteroatoms. The first-order valence-corrected chi connectivity index (χ1v) is 7.36. The first kappa shape index (κ1) is 11.5. The number of aliphatic hydroxyl groups excluding tert-OH is 1. The number of hydrogen-bond donors (Lipinski definition) is 1. The van der Waals surface area contributed by atoms with E-state index in [2.05, 4.69) is 0 Å². The fraction of sp³-hybridized carbons (Fsp3) is 0.562. The van der Waals surface area contributed by atoms with Gasteiger partial charge < -0.3 is 10.0 Å². The highest BCUT2D eigenvalue weighted by atomic mass is 16.3. The van der Waals surface area contributed by atoms with E-state index in [4.69, 9.17) is 0 Å². The van der Waals surface area contributed by atoms with Gasteiger partial charge in [-0.3, -0.25) is 4.79 Å². The lowest BCUT2D eigenvalue weighted by Crippen LogP contribution is -2.38. The lowest BCUT2D eigenvalue weighted by Gasteiger charge is -2.32. The molecule has 2 aliphatic carbocycles. The molecule has 3 atom stereocenters. The van der Waals surface area contributed by atoms with Gasteiger partial charge in [-0.25, -0.2) is 0 Å². The third-order valence-electron chi connectivity index (χ3n) is 5.17. The van der Waals surface area contributed by atoms with Crippen LogP contribution in [0.2, 0.25) is 0 Å². The summed E-state index contributed by atoms with van der Waals surface area (Å²) in [5, 5.41) is 10.0. The minimum atomic E-state index is -0.418. The maximum Gasteiger partial charge on any atom is 0.230 e. The van der Waals surface area contributed by atoms with Crippen LogP contribution in [0.5, 0.6) is 0 Å². The van der Waals surface area contributed by atoms with Gasteiger partial charge in [0.2, 0.25) is 5.91 Å². The van der Waals surface area contributed by atoms with Crippen LogP contribution in [-0.2, 0) is 4.79 Å². The second-order valence-corrected chi connectivity index (χ2v) is 6.14. The highest BCUT2D eigenvalue weighted by molar-refractivity contribution is 5.98. The topological polar surface area (TPSA) is 40.5 Å². The Morgan fingerprint density at radius 2 is 1.89 bits per heavy atom. The zero-order chi connectivity index (χ0) is 13.0. The standard InChI is InChI=1S/C16H19NO2/c18-14-8-9-17(13-7-2-1-4-12(13)14)16(19)15-10-5-3-6-11(10)15/h1-2,4,7,10-11,14-15,18H,3,5-6,8-9H2. The van der Waals surface area contributed by atoms with E-state index >= 15 is 0 Å². The van der Waals surface area contributed by atoms with E-state index < -0.39 is 6.10 Å². The molecule has 1 aliphatic heterocycles. The van der Waals surface area contributed by atoms with E-state index in [0.29, 0.717) is 30.7 Å². The Hall–Kier alpha value is -1.35. The fourth-order valence-corrected chi connectivity index (χ4v) is 4.14. The first-order chi connectivity index (χ1) is 9.27. The molecule has 1 amide bonds. The van der Waals surface area contributed by atoms with E-state index in [1.165, 1.54) is 19.3 Å². The molecule has 0 saturated heterocycles. The lowest BCUT2D eigenvalue weighted by molar-refractivity contribution is -0.120. The summed E-state index contributed by atoms with van der Waals surface area (Å²) in [6.45, 7) is 0.660. The van der Waals surface area contributed by atoms with Gasteiger partial charge in [-0.05, 0) is 37.2 Å². The zero-order valence-corrected chi connectivity index (χ0v) is 11.0. The van der Waals surface area contributed by atoms with Gasteiger partial charge in [0.05, 0.1) is 6.10 Å². The molecule has 1 heterocycles. The average molecular weight is 257 g/mol. The molecule has 2 saturated carbocycles. The van der Waals surface area contributed by atoms with Crippen molar-refractivity contribution < 1.29 is 9.90 Å². The van der Waals surface area contributed by atoms with Crippen LogP contribution < -0.4 is 4.90 Å². The van der Waals surface area contributed by atoms with Crippen molar-refractivity contribution in [3.8, 4) is 0 Å². The van der Waals surface area contributed by atoms with E-state index in [9.17, 15) is 9.90 Å². The molecule has 0 spiro atoms. The number of para-hydroxylation sites is 1. The Labute approximate surface area is 113 Å². The summed E-state index contributed by atoms with van der Waals surface area (Å²) in [5.41, 5.74) is 1.84. The monoisotopic (exact) mass is 257 g/mol. The van der Waals surface area contributed by atoms with Crippen LogP contribution in [0.1, 0.15) is 37.4 Å². The van der Waals surface area contributed by atoms with Gasteiger partial charge in [0.25, 0.3) is 0 Å². The molecule has 3 nitrogen and oxygen atoms in total. The highest BCUT2D eigenvalue weighted by Crippen LogP contribution is 2.58. The van der Waals surface area contributed by atoms with Crippen LogP contribution in [0.3, 0.4) is 0 Å². The number of carbonyl (C=O) groups is 1. The molecule has 1 N–H and O–H groups in total. The van der Waals surface area contributed by atoms with Crippen LogP contribution >= 0.6 is 0 Å². The number of rotatable bonds is 1. The summed E-state index contributed by atoms with van der Waals surface area (Å²) >= 11 is 0. The molecule has 19 heavy (non-hydrogen) atoms. The molecule has 1 aromatic rings.